The second-order valence-electron chi connectivity index (χ2n) is 9.24. The number of amides is 1. The second kappa shape index (κ2) is 9.46. The number of fused-ring (bicyclic) bond motifs is 2. The first-order valence-electron chi connectivity index (χ1n) is 11.9. The Balaban J connectivity index is 1.42. The molecule has 1 saturated heterocycles. The maximum atomic E-state index is 13.1. The Hall–Kier alpha value is -4.01. The largest absolute Gasteiger partial charge is 0.497 e. The van der Waals surface area contributed by atoms with E-state index in [0.717, 1.165) is 23.3 Å². The molecule has 192 valence electrons. The third kappa shape index (κ3) is 4.85. The van der Waals surface area contributed by atoms with Crippen molar-refractivity contribution < 1.29 is 27.4 Å². The molecule has 6 nitrogen and oxygen atoms in total. The van der Waals surface area contributed by atoms with Gasteiger partial charge in [0.1, 0.15) is 23.0 Å². The summed E-state index contributed by atoms with van der Waals surface area (Å²) in [5.41, 5.74) is 1.99. The van der Waals surface area contributed by atoms with Gasteiger partial charge in [-0.3, -0.25) is 4.79 Å². The van der Waals surface area contributed by atoms with E-state index in [1.807, 2.05) is 50.2 Å². The molecule has 1 atom stereocenters. The maximum Gasteiger partial charge on any atom is 0.416 e. The maximum absolute atomic E-state index is 13.1. The van der Waals surface area contributed by atoms with Crippen LogP contribution in [0.4, 0.5) is 18.9 Å². The summed E-state index contributed by atoms with van der Waals surface area (Å²) in [6, 6.07) is 15.6. The monoisotopic (exact) mass is 509 g/mol. The number of nitrogens with zero attached hydrogens (tertiary/aromatic N) is 3. The fourth-order valence-electron chi connectivity index (χ4n) is 4.65. The number of ether oxygens (including phenoxy) is 2. The van der Waals surface area contributed by atoms with Gasteiger partial charge in [-0.25, -0.2) is 4.99 Å². The van der Waals surface area contributed by atoms with Crippen LogP contribution in [-0.4, -0.2) is 54.3 Å². The van der Waals surface area contributed by atoms with Crippen molar-refractivity contribution in [2.24, 2.45) is 4.99 Å². The van der Waals surface area contributed by atoms with E-state index < -0.39 is 11.7 Å². The van der Waals surface area contributed by atoms with Crippen LogP contribution in [0.3, 0.4) is 0 Å². The molecule has 5 rings (SSSR count). The highest BCUT2D eigenvalue weighted by Crippen LogP contribution is 2.40. The molecule has 3 aromatic rings. The van der Waals surface area contributed by atoms with Crippen molar-refractivity contribution in [2.75, 3.05) is 26.7 Å². The van der Waals surface area contributed by atoms with E-state index in [1.165, 1.54) is 12.1 Å². The smallest absolute Gasteiger partial charge is 0.416 e. The number of aliphatic imine (C=N–C) groups is 1. The Labute approximate surface area is 212 Å². The summed E-state index contributed by atoms with van der Waals surface area (Å²) in [7, 11) is 1.60. The minimum absolute atomic E-state index is 0.207. The number of aryl methyl sites for hydroxylation is 1. The lowest BCUT2D eigenvalue weighted by molar-refractivity contribution is -0.137. The van der Waals surface area contributed by atoms with Gasteiger partial charge >= 0.3 is 6.18 Å². The van der Waals surface area contributed by atoms with Gasteiger partial charge in [-0.2, -0.15) is 13.2 Å². The van der Waals surface area contributed by atoms with Crippen molar-refractivity contribution in [3.63, 3.8) is 0 Å². The van der Waals surface area contributed by atoms with E-state index >= 15 is 0 Å². The molecule has 0 saturated carbocycles. The molecule has 0 radical (unpaired) electrons. The quantitative estimate of drug-likeness (QED) is 0.422. The number of benzene rings is 3. The molecule has 37 heavy (non-hydrogen) atoms. The van der Waals surface area contributed by atoms with Crippen molar-refractivity contribution in [1.82, 2.24) is 9.80 Å². The number of methoxy groups -OCH3 is 1. The Morgan fingerprint density at radius 3 is 2.46 bits per heavy atom. The summed E-state index contributed by atoms with van der Waals surface area (Å²) in [6.45, 7) is 5.28. The molecule has 1 amide bonds. The van der Waals surface area contributed by atoms with Gasteiger partial charge in [0, 0.05) is 31.2 Å². The van der Waals surface area contributed by atoms with Crippen LogP contribution in [0.1, 0.15) is 34.0 Å². The van der Waals surface area contributed by atoms with E-state index in [9.17, 15) is 18.0 Å². The van der Waals surface area contributed by atoms with E-state index in [0.29, 0.717) is 48.4 Å². The summed E-state index contributed by atoms with van der Waals surface area (Å²) < 4.78 is 50.5. The summed E-state index contributed by atoms with van der Waals surface area (Å²) in [5, 5.41) is 0. The van der Waals surface area contributed by atoms with Gasteiger partial charge in [-0.1, -0.05) is 6.07 Å². The lowest BCUT2D eigenvalue weighted by Crippen LogP contribution is -2.55. The zero-order valence-corrected chi connectivity index (χ0v) is 20.7. The van der Waals surface area contributed by atoms with Crippen molar-refractivity contribution in [1.29, 1.82) is 0 Å². The molecule has 0 aliphatic carbocycles. The molecule has 0 bridgehead atoms. The van der Waals surface area contributed by atoms with Gasteiger partial charge in [-0.05, 0) is 74.0 Å². The van der Waals surface area contributed by atoms with Crippen LogP contribution in [0.25, 0.3) is 0 Å². The van der Waals surface area contributed by atoms with Crippen LogP contribution in [-0.2, 0) is 6.18 Å². The predicted octanol–water partition coefficient (Wildman–Crippen LogP) is 6.05. The summed E-state index contributed by atoms with van der Waals surface area (Å²) >= 11 is 0. The number of hydrogen-bond donors (Lipinski definition) is 0. The van der Waals surface area contributed by atoms with Crippen LogP contribution >= 0.6 is 0 Å². The van der Waals surface area contributed by atoms with Crippen LogP contribution in [0.5, 0.6) is 17.2 Å². The molecule has 9 heteroatoms. The van der Waals surface area contributed by atoms with E-state index in [2.05, 4.69) is 4.90 Å². The topological polar surface area (TPSA) is 54.4 Å². The highest BCUT2D eigenvalue weighted by Gasteiger charge is 2.33. The van der Waals surface area contributed by atoms with Gasteiger partial charge in [0.15, 0.2) is 5.75 Å². The van der Waals surface area contributed by atoms with Crippen molar-refractivity contribution in [2.45, 2.75) is 26.1 Å². The standard InChI is InChI=1S/C28H26F3N3O3/c1-17-4-10-23-25(14-17)37-24-11-9-21(36-3)15-22(24)26(32-23)33-12-13-34(18(2)16-33)27(35)19-5-7-20(8-6-19)28(29,30)31/h4-11,14-15,18H,12-13,16H2,1-3H3/t18-/m1/s1. The number of halogens is 3. The Kier molecular flexibility index (Phi) is 6.31. The minimum atomic E-state index is -4.44. The van der Waals surface area contributed by atoms with E-state index in [1.54, 1.807) is 12.0 Å². The minimum Gasteiger partial charge on any atom is -0.497 e. The number of hydrogen-bond acceptors (Lipinski definition) is 5. The second-order valence-corrected chi connectivity index (χ2v) is 9.24. The van der Waals surface area contributed by atoms with Gasteiger partial charge in [0.2, 0.25) is 0 Å². The Morgan fingerprint density at radius 1 is 1.03 bits per heavy atom. The van der Waals surface area contributed by atoms with Gasteiger partial charge in [0.25, 0.3) is 5.91 Å². The van der Waals surface area contributed by atoms with Gasteiger partial charge in [-0.15, -0.1) is 0 Å². The lowest BCUT2D eigenvalue weighted by Gasteiger charge is -2.41. The number of carbonyl (C=O) groups excluding carboxylic acids is 1. The molecule has 2 aliphatic rings. The van der Waals surface area contributed by atoms with Gasteiger partial charge in [0.05, 0.1) is 18.2 Å². The highest BCUT2D eigenvalue weighted by molar-refractivity contribution is 6.04. The highest BCUT2D eigenvalue weighted by atomic mass is 19.4. The predicted molar refractivity (Wildman–Crippen MR) is 134 cm³/mol. The zero-order valence-electron chi connectivity index (χ0n) is 20.7. The number of carbonyl (C=O) groups is 1. The number of alkyl halides is 3. The molecule has 0 N–H and O–H groups in total. The van der Waals surface area contributed by atoms with Crippen molar-refractivity contribution in [3.8, 4) is 17.2 Å². The summed E-state index contributed by atoms with van der Waals surface area (Å²) in [5.74, 6) is 2.40. The fourth-order valence-corrected chi connectivity index (χ4v) is 4.65. The van der Waals surface area contributed by atoms with E-state index in [4.69, 9.17) is 14.5 Å². The van der Waals surface area contributed by atoms with Crippen LogP contribution in [0, 0.1) is 6.92 Å². The molecular formula is C28H26F3N3O3. The number of amidine groups is 1. The van der Waals surface area contributed by atoms with Gasteiger partial charge < -0.3 is 19.3 Å². The SMILES string of the molecule is COc1ccc2c(c1)C(N1CCN(C(=O)c3ccc(C(F)(F)F)cc3)[C@H](C)C1)=Nc1ccc(C)cc1O2. The summed E-state index contributed by atoms with van der Waals surface area (Å²) in [4.78, 5) is 21.9. The van der Waals surface area contributed by atoms with Crippen molar-refractivity contribution in [3.05, 3.63) is 82.9 Å². The molecule has 3 aromatic carbocycles. The first-order chi connectivity index (χ1) is 17.6. The average molecular weight is 510 g/mol. The van der Waals surface area contributed by atoms with Crippen LogP contribution in [0.15, 0.2) is 65.7 Å². The molecule has 1 fully saturated rings. The molecule has 0 spiro atoms. The average Bonchev–Trinajstić information content (AvgIpc) is 3.03. The first kappa shape index (κ1) is 24.7. The normalized spacial score (nSPS) is 17.2. The number of piperazine rings is 1. The van der Waals surface area contributed by atoms with Crippen LogP contribution in [0.2, 0.25) is 0 Å². The lowest BCUT2D eigenvalue weighted by atomic mass is 10.1. The molecular weight excluding hydrogens is 483 g/mol. The zero-order chi connectivity index (χ0) is 26.3. The third-order valence-electron chi connectivity index (χ3n) is 6.64. The Bertz CT molecular complexity index is 1370. The Morgan fingerprint density at radius 2 is 1.78 bits per heavy atom. The molecule has 2 aliphatic heterocycles. The first-order valence-corrected chi connectivity index (χ1v) is 11.9. The molecule has 0 unspecified atom stereocenters. The van der Waals surface area contributed by atoms with E-state index in [-0.39, 0.29) is 17.5 Å². The van der Waals surface area contributed by atoms with Crippen LogP contribution < -0.4 is 9.47 Å². The van der Waals surface area contributed by atoms with Crippen molar-refractivity contribution >= 4 is 17.4 Å². The fraction of sp³-hybridized carbons (Fsp3) is 0.286. The third-order valence-corrected chi connectivity index (χ3v) is 6.64. The summed E-state index contributed by atoms with van der Waals surface area (Å²) in [6.07, 6.45) is -4.44. The number of rotatable bonds is 2. The molecule has 0 aromatic heterocycles. The molecule has 2 heterocycles.